The molecule has 0 unspecified atom stereocenters. The molecule has 3 heteroatoms. The first-order chi connectivity index (χ1) is 6.65. The van der Waals surface area contributed by atoms with E-state index in [0.717, 1.165) is 19.4 Å². The van der Waals surface area contributed by atoms with Gasteiger partial charge in [-0.25, -0.2) is 4.79 Å². The van der Waals surface area contributed by atoms with Crippen molar-refractivity contribution in [1.29, 1.82) is 0 Å². The van der Waals surface area contributed by atoms with Crippen LogP contribution in [0.25, 0.3) is 0 Å². The van der Waals surface area contributed by atoms with Crippen LogP contribution >= 0.6 is 0 Å². The summed E-state index contributed by atoms with van der Waals surface area (Å²) in [7, 11) is 1.46. The number of hydrogen-bond donors (Lipinski definition) is 0. The van der Waals surface area contributed by atoms with Crippen LogP contribution in [-0.2, 0) is 4.74 Å². The van der Waals surface area contributed by atoms with Crippen molar-refractivity contribution in [1.82, 2.24) is 4.90 Å². The molecule has 1 aliphatic rings. The van der Waals surface area contributed by atoms with Crippen molar-refractivity contribution in [2.75, 3.05) is 13.7 Å². The van der Waals surface area contributed by atoms with Crippen LogP contribution < -0.4 is 0 Å². The van der Waals surface area contributed by atoms with Crippen molar-refractivity contribution in [2.45, 2.75) is 45.6 Å². The number of carbonyl (C=O) groups excluding carboxylic acids is 1. The monoisotopic (exact) mass is 199 g/mol. The molecular formula is C11H21NO2. The van der Waals surface area contributed by atoms with Crippen molar-refractivity contribution in [3.63, 3.8) is 0 Å². The molecule has 0 aromatic rings. The van der Waals surface area contributed by atoms with Gasteiger partial charge in [0.25, 0.3) is 0 Å². The molecule has 1 fully saturated rings. The zero-order chi connectivity index (χ0) is 10.6. The number of rotatable bonds is 3. The Kier molecular flexibility index (Phi) is 4.23. The van der Waals surface area contributed by atoms with Gasteiger partial charge in [-0.05, 0) is 18.8 Å². The molecule has 0 spiro atoms. The smallest absolute Gasteiger partial charge is 0.409 e. The van der Waals surface area contributed by atoms with E-state index < -0.39 is 0 Å². The number of carbonyl (C=O) groups is 1. The van der Waals surface area contributed by atoms with Crippen LogP contribution in [-0.4, -0.2) is 30.7 Å². The molecule has 0 N–H and O–H groups in total. The Balaban J connectivity index is 2.55. The standard InChI is InChI=1S/C11H21NO2/c1-9(2)8-12(11(13)14-3)10-6-4-5-7-10/h9-10H,4-8H2,1-3H3. The Morgan fingerprint density at radius 2 is 2.00 bits per heavy atom. The summed E-state index contributed by atoms with van der Waals surface area (Å²) in [6.07, 6.45) is 4.61. The van der Waals surface area contributed by atoms with Gasteiger partial charge < -0.3 is 9.64 Å². The molecule has 1 rings (SSSR count). The van der Waals surface area contributed by atoms with Gasteiger partial charge in [-0.3, -0.25) is 0 Å². The fraction of sp³-hybridized carbons (Fsp3) is 0.909. The number of hydrogen-bond acceptors (Lipinski definition) is 2. The first-order valence-corrected chi connectivity index (χ1v) is 5.49. The predicted molar refractivity (Wildman–Crippen MR) is 56.2 cm³/mol. The molecular weight excluding hydrogens is 178 g/mol. The van der Waals surface area contributed by atoms with E-state index in [1.807, 2.05) is 4.90 Å². The molecule has 3 nitrogen and oxygen atoms in total. The lowest BCUT2D eigenvalue weighted by atomic mass is 10.1. The number of methoxy groups -OCH3 is 1. The molecule has 1 aliphatic carbocycles. The molecule has 0 heterocycles. The molecule has 0 radical (unpaired) electrons. The fourth-order valence-corrected chi connectivity index (χ4v) is 2.10. The van der Waals surface area contributed by atoms with Gasteiger partial charge in [0.15, 0.2) is 0 Å². The van der Waals surface area contributed by atoms with Crippen LogP contribution in [0.1, 0.15) is 39.5 Å². The van der Waals surface area contributed by atoms with Crippen molar-refractivity contribution < 1.29 is 9.53 Å². The summed E-state index contributed by atoms with van der Waals surface area (Å²) in [5, 5.41) is 0. The largest absolute Gasteiger partial charge is 0.453 e. The summed E-state index contributed by atoms with van der Waals surface area (Å²) in [6, 6.07) is 0.421. The number of nitrogens with zero attached hydrogens (tertiary/aromatic N) is 1. The van der Waals surface area contributed by atoms with Gasteiger partial charge in [-0.2, -0.15) is 0 Å². The zero-order valence-electron chi connectivity index (χ0n) is 9.45. The summed E-state index contributed by atoms with van der Waals surface area (Å²) in [4.78, 5) is 13.4. The summed E-state index contributed by atoms with van der Waals surface area (Å²) in [5.74, 6) is 0.509. The molecule has 0 bridgehead atoms. The van der Waals surface area contributed by atoms with E-state index in [0.29, 0.717) is 12.0 Å². The molecule has 14 heavy (non-hydrogen) atoms. The Morgan fingerprint density at radius 1 is 1.43 bits per heavy atom. The first-order valence-electron chi connectivity index (χ1n) is 5.49. The molecule has 0 aliphatic heterocycles. The van der Waals surface area contributed by atoms with Gasteiger partial charge in [-0.15, -0.1) is 0 Å². The predicted octanol–water partition coefficient (Wildman–Crippen LogP) is 2.65. The molecule has 0 saturated heterocycles. The van der Waals surface area contributed by atoms with Gasteiger partial charge in [-0.1, -0.05) is 26.7 Å². The average molecular weight is 199 g/mol. The van der Waals surface area contributed by atoms with Crippen LogP contribution in [0.3, 0.4) is 0 Å². The Labute approximate surface area is 86.4 Å². The van der Waals surface area contributed by atoms with Gasteiger partial charge in [0.1, 0.15) is 0 Å². The first kappa shape index (κ1) is 11.3. The molecule has 1 amide bonds. The minimum Gasteiger partial charge on any atom is -0.453 e. The highest BCUT2D eigenvalue weighted by atomic mass is 16.5. The van der Waals surface area contributed by atoms with Crippen LogP contribution in [0, 0.1) is 5.92 Å². The van der Waals surface area contributed by atoms with Crippen molar-refractivity contribution in [3.8, 4) is 0 Å². The second-order valence-electron chi connectivity index (χ2n) is 4.45. The fourth-order valence-electron chi connectivity index (χ4n) is 2.10. The lowest BCUT2D eigenvalue weighted by Crippen LogP contribution is -2.41. The van der Waals surface area contributed by atoms with Crippen molar-refractivity contribution in [2.24, 2.45) is 5.92 Å². The maximum atomic E-state index is 11.5. The second-order valence-corrected chi connectivity index (χ2v) is 4.45. The van der Waals surface area contributed by atoms with Crippen LogP contribution in [0.5, 0.6) is 0 Å². The van der Waals surface area contributed by atoms with Gasteiger partial charge in [0, 0.05) is 12.6 Å². The van der Waals surface area contributed by atoms with Crippen molar-refractivity contribution >= 4 is 6.09 Å². The minimum atomic E-state index is -0.161. The summed E-state index contributed by atoms with van der Waals surface area (Å²) in [6.45, 7) is 5.08. The Morgan fingerprint density at radius 3 is 2.43 bits per heavy atom. The highest BCUT2D eigenvalue weighted by Gasteiger charge is 2.27. The molecule has 1 saturated carbocycles. The third-order valence-corrected chi connectivity index (χ3v) is 2.74. The molecule has 0 aromatic heterocycles. The van der Waals surface area contributed by atoms with Gasteiger partial charge >= 0.3 is 6.09 Å². The Hall–Kier alpha value is -0.730. The van der Waals surface area contributed by atoms with Crippen LogP contribution in [0.2, 0.25) is 0 Å². The lowest BCUT2D eigenvalue weighted by molar-refractivity contribution is 0.0993. The SMILES string of the molecule is COC(=O)N(CC(C)C)C1CCCC1. The lowest BCUT2D eigenvalue weighted by Gasteiger charge is -2.28. The third kappa shape index (κ3) is 2.89. The highest BCUT2D eigenvalue weighted by molar-refractivity contribution is 5.67. The van der Waals surface area contributed by atoms with E-state index in [9.17, 15) is 4.79 Å². The van der Waals surface area contributed by atoms with Crippen LogP contribution in [0.15, 0.2) is 0 Å². The summed E-state index contributed by atoms with van der Waals surface area (Å²) in [5.41, 5.74) is 0. The topological polar surface area (TPSA) is 29.5 Å². The highest BCUT2D eigenvalue weighted by Crippen LogP contribution is 2.24. The summed E-state index contributed by atoms with van der Waals surface area (Å²) < 4.78 is 4.81. The van der Waals surface area contributed by atoms with Gasteiger partial charge in [0.05, 0.1) is 7.11 Å². The molecule has 82 valence electrons. The van der Waals surface area contributed by atoms with Crippen LogP contribution in [0.4, 0.5) is 4.79 Å². The summed E-state index contributed by atoms with van der Waals surface area (Å²) >= 11 is 0. The van der Waals surface area contributed by atoms with E-state index in [1.165, 1.54) is 20.0 Å². The zero-order valence-corrected chi connectivity index (χ0v) is 9.45. The van der Waals surface area contributed by atoms with E-state index in [1.54, 1.807) is 0 Å². The maximum Gasteiger partial charge on any atom is 0.409 e. The van der Waals surface area contributed by atoms with E-state index in [2.05, 4.69) is 13.8 Å². The van der Waals surface area contributed by atoms with E-state index in [-0.39, 0.29) is 6.09 Å². The van der Waals surface area contributed by atoms with E-state index >= 15 is 0 Å². The third-order valence-electron chi connectivity index (χ3n) is 2.74. The Bertz CT molecular complexity index is 186. The normalized spacial score (nSPS) is 17.4. The van der Waals surface area contributed by atoms with Gasteiger partial charge in [0.2, 0.25) is 0 Å². The average Bonchev–Trinajstić information content (AvgIpc) is 2.65. The maximum absolute atomic E-state index is 11.5. The van der Waals surface area contributed by atoms with Crippen molar-refractivity contribution in [3.05, 3.63) is 0 Å². The quantitative estimate of drug-likeness (QED) is 0.699. The second kappa shape index (κ2) is 5.23. The molecule has 0 atom stereocenters. The van der Waals surface area contributed by atoms with E-state index in [4.69, 9.17) is 4.74 Å². The number of amides is 1. The minimum absolute atomic E-state index is 0.161. The molecule has 0 aromatic carbocycles. The number of ether oxygens (including phenoxy) is 1.